The SMILES string of the molecule is CC(C)c1cc(C(=O)N2CCO[C@@H](CCc3ccnc(N)c3)C2)cs1. The van der Waals surface area contributed by atoms with Gasteiger partial charge < -0.3 is 15.4 Å². The van der Waals surface area contributed by atoms with E-state index in [1.807, 2.05) is 28.5 Å². The number of ether oxygens (including phenoxy) is 1. The van der Waals surface area contributed by atoms with Gasteiger partial charge in [-0.25, -0.2) is 4.98 Å². The van der Waals surface area contributed by atoms with Crippen molar-refractivity contribution in [2.75, 3.05) is 25.4 Å². The average Bonchev–Trinajstić information content (AvgIpc) is 3.10. The number of nitrogens with two attached hydrogens (primary N) is 1. The molecule has 1 fully saturated rings. The molecule has 3 heterocycles. The van der Waals surface area contributed by atoms with Crippen molar-refractivity contribution in [3.63, 3.8) is 0 Å². The molecule has 0 radical (unpaired) electrons. The second-order valence-electron chi connectivity index (χ2n) is 6.76. The van der Waals surface area contributed by atoms with Crippen LogP contribution in [0.5, 0.6) is 0 Å². The van der Waals surface area contributed by atoms with E-state index in [4.69, 9.17) is 10.5 Å². The molecule has 1 saturated heterocycles. The molecule has 0 aliphatic carbocycles. The van der Waals surface area contributed by atoms with E-state index in [1.165, 1.54) is 4.88 Å². The van der Waals surface area contributed by atoms with Crippen molar-refractivity contribution in [3.05, 3.63) is 45.8 Å². The van der Waals surface area contributed by atoms with Crippen LogP contribution in [0, 0.1) is 0 Å². The lowest BCUT2D eigenvalue weighted by atomic mass is 10.1. The largest absolute Gasteiger partial charge is 0.384 e. The van der Waals surface area contributed by atoms with Crippen LogP contribution in [-0.2, 0) is 11.2 Å². The number of carbonyl (C=O) groups is 1. The summed E-state index contributed by atoms with van der Waals surface area (Å²) in [6.45, 7) is 6.19. The smallest absolute Gasteiger partial charge is 0.254 e. The molecule has 0 spiro atoms. The second-order valence-corrected chi connectivity index (χ2v) is 7.71. The fourth-order valence-corrected chi connectivity index (χ4v) is 3.91. The summed E-state index contributed by atoms with van der Waals surface area (Å²) in [5.74, 6) is 1.11. The van der Waals surface area contributed by atoms with Crippen LogP contribution in [0.25, 0.3) is 0 Å². The zero-order valence-corrected chi connectivity index (χ0v) is 15.6. The van der Waals surface area contributed by atoms with E-state index in [-0.39, 0.29) is 12.0 Å². The van der Waals surface area contributed by atoms with Gasteiger partial charge in [-0.05, 0) is 42.5 Å². The van der Waals surface area contributed by atoms with Crippen molar-refractivity contribution < 1.29 is 9.53 Å². The van der Waals surface area contributed by atoms with Crippen LogP contribution in [0.15, 0.2) is 29.8 Å². The first kappa shape index (κ1) is 17.9. The third-order valence-corrected chi connectivity index (χ3v) is 5.70. The van der Waals surface area contributed by atoms with Gasteiger partial charge in [0.05, 0.1) is 18.3 Å². The molecular weight excluding hydrogens is 334 g/mol. The van der Waals surface area contributed by atoms with Crippen LogP contribution < -0.4 is 5.73 Å². The molecule has 0 unspecified atom stereocenters. The van der Waals surface area contributed by atoms with E-state index >= 15 is 0 Å². The Morgan fingerprint density at radius 3 is 3.04 bits per heavy atom. The van der Waals surface area contributed by atoms with E-state index in [0.717, 1.165) is 24.0 Å². The molecule has 0 saturated carbocycles. The molecule has 6 heteroatoms. The molecule has 2 aromatic rings. The highest BCUT2D eigenvalue weighted by atomic mass is 32.1. The van der Waals surface area contributed by atoms with Gasteiger partial charge in [-0.3, -0.25) is 4.79 Å². The predicted molar refractivity (Wildman–Crippen MR) is 101 cm³/mol. The summed E-state index contributed by atoms with van der Waals surface area (Å²) in [5, 5.41) is 1.97. The van der Waals surface area contributed by atoms with Crippen LogP contribution in [-0.4, -0.2) is 41.6 Å². The normalized spacial score (nSPS) is 17.9. The maximum atomic E-state index is 12.8. The number of nitrogens with zero attached hydrogens (tertiary/aromatic N) is 2. The third kappa shape index (κ3) is 4.58. The Kier molecular flexibility index (Phi) is 5.71. The Balaban J connectivity index is 1.57. The van der Waals surface area contributed by atoms with Gasteiger partial charge >= 0.3 is 0 Å². The first-order chi connectivity index (χ1) is 12.0. The van der Waals surface area contributed by atoms with Crippen molar-refractivity contribution >= 4 is 23.1 Å². The molecule has 5 nitrogen and oxygen atoms in total. The van der Waals surface area contributed by atoms with Gasteiger partial charge in [0.15, 0.2) is 0 Å². The lowest BCUT2D eigenvalue weighted by molar-refractivity contribution is -0.0245. The number of nitrogen functional groups attached to an aromatic ring is 1. The highest BCUT2D eigenvalue weighted by Crippen LogP contribution is 2.24. The molecule has 0 aromatic carbocycles. The number of aromatic nitrogens is 1. The molecule has 3 rings (SSSR count). The van der Waals surface area contributed by atoms with E-state index in [1.54, 1.807) is 17.5 Å². The lowest BCUT2D eigenvalue weighted by Gasteiger charge is -2.33. The molecule has 0 bridgehead atoms. The fourth-order valence-electron chi connectivity index (χ4n) is 3.01. The Labute approximate surface area is 152 Å². The van der Waals surface area contributed by atoms with Gasteiger partial charge in [-0.2, -0.15) is 0 Å². The van der Waals surface area contributed by atoms with E-state index in [0.29, 0.717) is 31.4 Å². The predicted octanol–water partition coefficient (Wildman–Crippen LogP) is 3.32. The van der Waals surface area contributed by atoms with Crippen LogP contribution in [0.4, 0.5) is 5.82 Å². The molecular formula is C19H25N3O2S. The topological polar surface area (TPSA) is 68.5 Å². The Bertz CT molecular complexity index is 729. The van der Waals surface area contributed by atoms with Crippen LogP contribution in [0.3, 0.4) is 0 Å². The van der Waals surface area contributed by atoms with Crippen LogP contribution >= 0.6 is 11.3 Å². The van der Waals surface area contributed by atoms with Crippen molar-refractivity contribution in [2.45, 2.75) is 38.7 Å². The minimum atomic E-state index is 0.0651. The summed E-state index contributed by atoms with van der Waals surface area (Å²) in [5.41, 5.74) is 7.68. The highest BCUT2D eigenvalue weighted by molar-refractivity contribution is 7.10. The quantitative estimate of drug-likeness (QED) is 0.889. The number of thiophene rings is 1. The molecule has 1 aliphatic heterocycles. The molecule has 1 amide bonds. The summed E-state index contributed by atoms with van der Waals surface area (Å²) in [7, 11) is 0. The summed E-state index contributed by atoms with van der Waals surface area (Å²) in [6.07, 6.45) is 3.53. The summed E-state index contributed by atoms with van der Waals surface area (Å²) >= 11 is 1.66. The minimum Gasteiger partial charge on any atom is -0.384 e. The monoisotopic (exact) mass is 359 g/mol. The number of aryl methyl sites for hydroxylation is 1. The van der Waals surface area contributed by atoms with Gasteiger partial charge in [0, 0.05) is 29.5 Å². The van der Waals surface area contributed by atoms with Gasteiger partial charge in [0.25, 0.3) is 5.91 Å². The average molecular weight is 359 g/mol. The lowest BCUT2D eigenvalue weighted by Crippen LogP contribution is -2.45. The van der Waals surface area contributed by atoms with E-state index in [2.05, 4.69) is 18.8 Å². The van der Waals surface area contributed by atoms with Gasteiger partial charge in [0.1, 0.15) is 5.82 Å². The highest BCUT2D eigenvalue weighted by Gasteiger charge is 2.25. The van der Waals surface area contributed by atoms with Crippen molar-refractivity contribution in [2.24, 2.45) is 0 Å². The first-order valence-electron chi connectivity index (χ1n) is 8.72. The number of hydrogen-bond donors (Lipinski definition) is 1. The van der Waals surface area contributed by atoms with Crippen molar-refractivity contribution in [1.82, 2.24) is 9.88 Å². The Hall–Kier alpha value is -1.92. The number of rotatable bonds is 5. The van der Waals surface area contributed by atoms with Crippen molar-refractivity contribution in [1.29, 1.82) is 0 Å². The number of pyridine rings is 1. The molecule has 2 aromatic heterocycles. The zero-order valence-electron chi connectivity index (χ0n) is 14.8. The van der Waals surface area contributed by atoms with Gasteiger partial charge in [-0.1, -0.05) is 13.8 Å². The Morgan fingerprint density at radius 1 is 1.48 bits per heavy atom. The summed E-state index contributed by atoms with van der Waals surface area (Å²) in [6, 6.07) is 5.90. The maximum absolute atomic E-state index is 12.8. The number of anilines is 1. The number of morpholine rings is 1. The zero-order chi connectivity index (χ0) is 17.8. The molecule has 134 valence electrons. The number of amides is 1. The molecule has 2 N–H and O–H groups in total. The summed E-state index contributed by atoms with van der Waals surface area (Å²) in [4.78, 5) is 19.9. The molecule has 1 aliphatic rings. The maximum Gasteiger partial charge on any atom is 0.254 e. The van der Waals surface area contributed by atoms with Crippen LogP contribution in [0.1, 0.15) is 47.0 Å². The van der Waals surface area contributed by atoms with E-state index < -0.39 is 0 Å². The third-order valence-electron chi connectivity index (χ3n) is 4.46. The van der Waals surface area contributed by atoms with E-state index in [9.17, 15) is 4.79 Å². The minimum absolute atomic E-state index is 0.0651. The summed E-state index contributed by atoms with van der Waals surface area (Å²) < 4.78 is 5.85. The second kappa shape index (κ2) is 7.97. The molecule has 25 heavy (non-hydrogen) atoms. The van der Waals surface area contributed by atoms with Crippen LogP contribution in [0.2, 0.25) is 0 Å². The number of carbonyl (C=O) groups excluding carboxylic acids is 1. The Morgan fingerprint density at radius 2 is 2.32 bits per heavy atom. The first-order valence-corrected chi connectivity index (χ1v) is 9.60. The molecule has 1 atom stereocenters. The van der Waals surface area contributed by atoms with Gasteiger partial charge in [0.2, 0.25) is 0 Å². The van der Waals surface area contributed by atoms with Crippen molar-refractivity contribution in [3.8, 4) is 0 Å². The van der Waals surface area contributed by atoms with Gasteiger partial charge in [-0.15, -0.1) is 11.3 Å². The number of hydrogen-bond acceptors (Lipinski definition) is 5. The fraction of sp³-hybridized carbons (Fsp3) is 0.474. The standard InChI is InChI=1S/C19H25N3O2S/c1-13(2)17-10-15(12-25-17)19(23)22-7-8-24-16(11-22)4-3-14-5-6-21-18(20)9-14/h5-6,9-10,12-13,16H,3-4,7-8,11H2,1-2H3,(H2,20,21)/t16-/m0/s1.